The van der Waals surface area contributed by atoms with Crippen LogP contribution in [0.2, 0.25) is 0 Å². The van der Waals surface area contributed by atoms with Crippen LogP contribution >= 0.6 is 0 Å². The number of hydrogen-bond acceptors (Lipinski definition) is 3. The fourth-order valence-electron chi connectivity index (χ4n) is 2.70. The highest BCUT2D eigenvalue weighted by Gasteiger charge is 2.45. The molecule has 2 aliphatic rings. The molecule has 0 bridgehead atoms. The van der Waals surface area contributed by atoms with Crippen molar-refractivity contribution in [2.75, 3.05) is 33.4 Å². The Morgan fingerprint density at radius 2 is 2.43 bits per heavy atom. The van der Waals surface area contributed by atoms with Crippen molar-refractivity contribution in [1.82, 2.24) is 10.2 Å². The van der Waals surface area contributed by atoms with Crippen LogP contribution in [0.15, 0.2) is 0 Å². The van der Waals surface area contributed by atoms with Crippen LogP contribution in [0, 0.1) is 0 Å². The smallest absolute Gasteiger partial charge is 0.249 e. The first-order valence-electron chi connectivity index (χ1n) is 5.29. The van der Waals surface area contributed by atoms with Crippen LogP contribution in [0.25, 0.3) is 0 Å². The molecule has 0 aromatic carbocycles. The molecule has 2 fully saturated rings. The molecule has 2 rings (SSSR count). The molecule has 1 atom stereocenters. The Morgan fingerprint density at radius 1 is 1.57 bits per heavy atom. The standard InChI is InChI=1S/C10H18N2O2/c1-14-7-9(13)12-6-2-3-10(12)4-5-11-8-10/h11H,2-8H2,1H3/t10-/m1/s1. The molecular weight excluding hydrogens is 180 g/mol. The molecule has 0 unspecified atom stereocenters. The summed E-state index contributed by atoms with van der Waals surface area (Å²) in [5.41, 5.74) is 0.121. The van der Waals surface area contributed by atoms with E-state index in [0.29, 0.717) is 0 Å². The van der Waals surface area contributed by atoms with Gasteiger partial charge < -0.3 is 15.0 Å². The first-order chi connectivity index (χ1) is 6.78. The van der Waals surface area contributed by atoms with Crippen LogP contribution in [0.5, 0.6) is 0 Å². The van der Waals surface area contributed by atoms with E-state index < -0.39 is 0 Å². The van der Waals surface area contributed by atoms with Crippen LogP contribution in [0.1, 0.15) is 19.3 Å². The van der Waals surface area contributed by atoms with Gasteiger partial charge in [-0.2, -0.15) is 0 Å². The lowest BCUT2D eigenvalue weighted by Gasteiger charge is -2.34. The van der Waals surface area contributed by atoms with Gasteiger partial charge in [0.1, 0.15) is 6.61 Å². The minimum atomic E-state index is 0.121. The number of methoxy groups -OCH3 is 1. The van der Waals surface area contributed by atoms with E-state index in [0.717, 1.165) is 38.9 Å². The summed E-state index contributed by atoms with van der Waals surface area (Å²) in [5, 5.41) is 3.35. The molecule has 4 nitrogen and oxygen atoms in total. The highest BCUT2D eigenvalue weighted by atomic mass is 16.5. The molecule has 1 spiro atoms. The predicted octanol–water partition coefficient (Wildman–Crippen LogP) is -0.0127. The van der Waals surface area contributed by atoms with Crippen molar-refractivity contribution in [3.63, 3.8) is 0 Å². The van der Waals surface area contributed by atoms with E-state index in [1.807, 2.05) is 4.90 Å². The maximum Gasteiger partial charge on any atom is 0.249 e. The van der Waals surface area contributed by atoms with E-state index in [2.05, 4.69) is 5.32 Å². The van der Waals surface area contributed by atoms with Gasteiger partial charge in [-0.05, 0) is 25.8 Å². The number of amides is 1. The Hall–Kier alpha value is -0.610. The molecule has 0 aromatic heterocycles. The molecule has 80 valence electrons. The van der Waals surface area contributed by atoms with Crippen molar-refractivity contribution in [2.45, 2.75) is 24.8 Å². The highest BCUT2D eigenvalue weighted by molar-refractivity contribution is 5.78. The van der Waals surface area contributed by atoms with Crippen LogP contribution in [-0.4, -0.2) is 49.7 Å². The van der Waals surface area contributed by atoms with E-state index in [4.69, 9.17) is 4.74 Å². The lowest BCUT2D eigenvalue weighted by molar-refractivity contribution is -0.138. The van der Waals surface area contributed by atoms with Gasteiger partial charge in [-0.15, -0.1) is 0 Å². The summed E-state index contributed by atoms with van der Waals surface area (Å²) in [6.45, 7) is 3.13. The van der Waals surface area contributed by atoms with Gasteiger partial charge in [0.05, 0.1) is 5.54 Å². The Bertz CT molecular complexity index is 219. The Kier molecular flexibility index (Phi) is 2.74. The monoisotopic (exact) mass is 198 g/mol. The van der Waals surface area contributed by atoms with Crippen molar-refractivity contribution >= 4 is 5.91 Å². The third-order valence-corrected chi connectivity index (χ3v) is 3.39. The third kappa shape index (κ3) is 1.53. The Balaban J connectivity index is 2.06. The van der Waals surface area contributed by atoms with Crippen LogP contribution in [-0.2, 0) is 9.53 Å². The molecule has 14 heavy (non-hydrogen) atoms. The van der Waals surface area contributed by atoms with Crippen molar-refractivity contribution < 1.29 is 9.53 Å². The molecule has 2 heterocycles. The summed E-state index contributed by atoms with van der Waals surface area (Å²) in [6, 6.07) is 0. The zero-order valence-corrected chi connectivity index (χ0v) is 8.71. The van der Waals surface area contributed by atoms with E-state index >= 15 is 0 Å². The van der Waals surface area contributed by atoms with Crippen molar-refractivity contribution in [2.24, 2.45) is 0 Å². The summed E-state index contributed by atoms with van der Waals surface area (Å²) in [4.78, 5) is 13.8. The Labute approximate surface area is 84.6 Å². The summed E-state index contributed by atoms with van der Waals surface area (Å²) < 4.78 is 4.91. The van der Waals surface area contributed by atoms with Crippen LogP contribution < -0.4 is 5.32 Å². The van der Waals surface area contributed by atoms with Gasteiger partial charge in [-0.1, -0.05) is 0 Å². The first kappa shape index (κ1) is 9.93. The van der Waals surface area contributed by atoms with Gasteiger partial charge >= 0.3 is 0 Å². The number of carbonyl (C=O) groups excluding carboxylic acids is 1. The zero-order valence-electron chi connectivity index (χ0n) is 8.71. The van der Waals surface area contributed by atoms with E-state index in [1.54, 1.807) is 7.11 Å². The van der Waals surface area contributed by atoms with Crippen molar-refractivity contribution in [3.8, 4) is 0 Å². The molecule has 0 radical (unpaired) electrons. The van der Waals surface area contributed by atoms with E-state index in [1.165, 1.54) is 0 Å². The van der Waals surface area contributed by atoms with Gasteiger partial charge in [-0.25, -0.2) is 0 Å². The second-order valence-corrected chi connectivity index (χ2v) is 4.23. The normalized spacial score (nSPS) is 31.6. The van der Waals surface area contributed by atoms with Gasteiger partial charge in [0.2, 0.25) is 5.91 Å². The number of likely N-dealkylation sites (tertiary alicyclic amines) is 1. The van der Waals surface area contributed by atoms with Crippen molar-refractivity contribution in [1.29, 1.82) is 0 Å². The number of rotatable bonds is 2. The maximum atomic E-state index is 11.8. The minimum Gasteiger partial charge on any atom is -0.375 e. The summed E-state index contributed by atoms with van der Waals surface area (Å²) in [6.07, 6.45) is 3.38. The van der Waals surface area contributed by atoms with Crippen molar-refractivity contribution in [3.05, 3.63) is 0 Å². The van der Waals surface area contributed by atoms with Crippen LogP contribution in [0.3, 0.4) is 0 Å². The summed E-state index contributed by atoms with van der Waals surface area (Å²) >= 11 is 0. The number of carbonyl (C=O) groups is 1. The minimum absolute atomic E-state index is 0.121. The molecular formula is C10H18N2O2. The maximum absolute atomic E-state index is 11.8. The van der Waals surface area contributed by atoms with E-state index in [-0.39, 0.29) is 18.1 Å². The van der Waals surface area contributed by atoms with Gasteiger partial charge in [0.25, 0.3) is 0 Å². The molecule has 0 aliphatic carbocycles. The molecule has 0 aromatic rings. The SMILES string of the molecule is COCC(=O)N1CCC[C@]12CCNC2. The van der Waals surface area contributed by atoms with Gasteiger partial charge in [0, 0.05) is 20.2 Å². The second-order valence-electron chi connectivity index (χ2n) is 4.23. The van der Waals surface area contributed by atoms with Gasteiger partial charge in [0.15, 0.2) is 0 Å². The van der Waals surface area contributed by atoms with Crippen LogP contribution in [0.4, 0.5) is 0 Å². The number of nitrogens with zero attached hydrogens (tertiary/aromatic N) is 1. The molecule has 0 saturated carbocycles. The number of ether oxygens (including phenoxy) is 1. The fraction of sp³-hybridized carbons (Fsp3) is 0.900. The molecule has 1 N–H and O–H groups in total. The first-order valence-corrected chi connectivity index (χ1v) is 5.29. The summed E-state index contributed by atoms with van der Waals surface area (Å²) in [7, 11) is 1.58. The lowest BCUT2D eigenvalue weighted by atomic mass is 9.95. The zero-order chi connectivity index (χ0) is 10.0. The topological polar surface area (TPSA) is 41.6 Å². The Morgan fingerprint density at radius 3 is 3.07 bits per heavy atom. The lowest BCUT2D eigenvalue weighted by Crippen LogP contribution is -2.49. The fourth-order valence-corrected chi connectivity index (χ4v) is 2.70. The van der Waals surface area contributed by atoms with E-state index in [9.17, 15) is 4.79 Å². The van der Waals surface area contributed by atoms with Gasteiger partial charge in [-0.3, -0.25) is 4.79 Å². The molecule has 2 saturated heterocycles. The quantitative estimate of drug-likeness (QED) is 0.678. The number of hydrogen-bond donors (Lipinski definition) is 1. The largest absolute Gasteiger partial charge is 0.375 e. The molecule has 2 aliphatic heterocycles. The average Bonchev–Trinajstić information content (AvgIpc) is 2.78. The number of nitrogens with one attached hydrogen (secondary N) is 1. The predicted molar refractivity (Wildman–Crippen MR) is 53.0 cm³/mol. The summed E-state index contributed by atoms with van der Waals surface area (Å²) in [5.74, 6) is 0.147. The highest BCUT2D eigenvalue weighted by Crippen LogP contribution is 2.34. The molecule has 4 heteroatoms. The molecule has 1 amide bonds. The second kappa shape index (κ2) is 3.87. The average molecular weight is 198 g/mol. The third-order valence-electron chi connectivity index (χ3n) is 3.39.